The van der Waals surface area contributed by atoms with Crippen LogP contribution in [0.15, 0.2) is 23.4 Å². The minimum absolute atomic E-state index is 0.160. The van der Waals surface area contributed by atoms with Gasteiger partial charge < -0.3 is 14.4 Å². The van der Waals surface area contributed by atoms with Crippen LogP contribution >= 0.6 is 11.8 Å². The van der Waals surface area contributed by atoms with Crippen LogP contribution in [-0.2, 0) is 14.3 Å². The number of ether oxygens (including phenoxy) is 2. The van der Waals surface area contributed by atoms with Crippen LogP contribution in [0.3, 0.4) is 0 Å². The van der Waals surface area contributed by atoms with E-state index in [0.717, 1.165) is 0 Å². The zero-order valence-electron chi connectivity index (χ0n) is 12.2. The summed E-state index contributed by atoms with van der Waals surface area (Å²) in [4.78, 5) is 30.3. The van der Waals surface area contributed by atoms with Crippen LogP contribution in [0.2, 0.25) is 0 Å². The fourth-order valence-electron chi connectivity index (χ4n) is 2.42. The molecular weight excluding hydrogens is 292 g/mol. The molecule has 1 aliphatic heterocycles. The highest BCUT2D eigenvalue weighted by Gasteiger charge is 2.41. The first-order valence-electron chi connectivity index (χ1n) is 6.53. The summed E-state index contributed by atoms with van der Waals surface area (Å²) in [5.74, 6) is -0.639. The molecule has 6 nitrogen and oxygen atoms in total. The third-order valence-electron chi connectivity index (χ3n) is 3.53. The van der Waals surface area contributed by atoms with Crippen molar-refractivity contribution in [3.05, 3.63) is 23.9 Å². The Morgan fingerprint density at radius 3 is 2.81 bits per heavy atom. The van der Waals surface area contributed by atoms with Crippen LogP contribution in [0.5, 0.6) is 0 Å². The number of esters is 1. The maximum atomic E-state index is 12.7. The molecule has 0 spiro atoms. The monoisotopic (exact) mass is 310 g/mol. The first-order valence-corrected chi connectivity index (χ1v) is 7.75. The fourth-order valence-corrected chi connectivity index (χ4v) is 2.96. The van der Waals surface area contributed by atoms with Gasteiger partial charge >= 0.3 is 5.97 Å². The van der Waals surface area contributed by atoms with Crippen LogP contribution < -0.4 is 0 Å². The average Bonchev–Trinajstić information content (AvgIpc) is 2.97. The van der Waals surface area contributed by atoms with Crippen molar-refractivity contribution in [2.75, 3.05) is 27.0 Å². The van der Waals surface area contributed by atoms with E-state index >= 15 is 0 Å². The second-order valence-corrected chi connectivity index (χ2v) is 5.45. The molecule has 1 fully saturated rings. The van der Waals surface area contributed by atoms with E-state index in [1.807, 2.05) is 6.26 Å². The van der Waals surface area contributed by atoms with Gasteiger partial charge in [-0.15, -0.1) is 11.8 Å². The van der Waals surface area contributed by atoms with Crippen molar-refractivity contribution in [1.29, 1.82) is 0 Å². The maximum absolute atomic E-state index is 12.7. The summed E-state index contributed by atoms with van der Waals surface area (Å²) in [6, 6.07) is 2.82. The van der Waals surface area contributed by atoms with Crippen molar-refractivity contribution in [2.45, 2.75) is 23.6 Å². The molecule has 2 atom stereocenters. The van der Waals surface area contributed by atoms with E-state index in [4.69, 9.17) is 9.47 Å². The molecule has 7 heteroatoms. The number of methoxy groups -OCH3 is 2. The molecular formula is C14H18N2O4S. The summed E-state index contributed by atoms with van der Waals surface area (Å²) < 4.78 is 10.1. The number of hydrogen-bond acceptors (Lipinski definition) is 6. The Morgan fingerprint density at radius 2 is 2.19 bits per heavy atom. The van der Waals surface area contributed by atoms with E-state index in [-0.39, 0.29) is 12.0 Å². The summed E-state index contributed by atoms with van der Waals surface area (Å²) in [6.07, 6.45) is 3.79. The number of carbonyl (C=O) groups is 2. The van der Waals surface area contributed by atoms with Gasteiger partial charge in [0.15, 0.2) is 0 Å². The Bertz CT molecular complexity index is 537. The van der Waals surface area contributed by atoms with E-state index in [0.29, 0.717) is 23.6 Å². The Hall–Kier alpha value is -1.60. The highest BCUT2D eigenvalue weighted by molar-refractivity contribution is 7.98. The third kappa shape index (κ3) is 3.19. The number of hydrogen-bond donors (Lipinski definition) is 0. The lowest BCUT2D eigenvalue weighted by Crippen LogP contribution is -2.41. The number of rotatable bonds is 4. The molecule has 1 aliphatic rings. The van der Waals surface area contributed by atoms with Crippen molar-refractivity contribution in [3.63, 3.8) is 0 Å². The zero-order valence-corrected chi connectivity index (χ0v) is 13.1. The Kier molecular flexibility index (Phi) is 5.19. The van der Waals surface area contributed by atoms with E-state index in [2.05, 4.69) is 4.98 Å². The molecule has 2 rings (SSSR count). The lowest BCUT2D eigenvalue weighted by Gasteiger charge is -2.23. The van der Waals surface area contributed by atoms with Crippen LogP contribution in [0.1, 0.15) is 16.8 Å². The van der Waals surface area contributed by atoms with Crippen LogP contribution in [0, 0.1) is 0 Å². The van der Waals surface area contributed by atoms with Gasteiger partial charge in [-0.1, -0.05) is 0 Å². The van der Waals surface area contributed by atoms with Gasteiger partial charge in [0.05, 0.1) is 18.8 Å². The predicted molar refractivity (Wildman–Crippen MR) is 78.3 cm³/mol. The molecule has 1 saturated heterocycles. The molecule has 1 aromatic heterocycles. The zero-order chi connectivity index (χ0) is 15.4. The van der Waals surface area contributed by atoms with Crippen molar-refractivity contribution < 1.29 is 19.1 Å². The van der Waals surface area contributed by atoms with Gasteiger partial charge in [0.25, 0.3) is 5.91 Å². The summed E-state index contributed by atoms with van der Waals surface area (Å²) >= 11 is 1.40. The van der Waals surface area contributed by atoms with Crippen molar-refractivity contribution in [1.82, 2.24) is 9.88 Å². The van der Waals surface area contributed by atoms with Crippen LogP contribution in [-0.4, -0.2) is 60.9 Å². The second-order valence-electron chi connectivity index (χ2n) is 4.65. The number of nitrogens with zero attached hydrogens (tertiary/aromatic N) is 2. The number of carbonyl (C=O) groups excluding carboxylic acids is 2. The maximum Gasteiger partial charge on any atom is 0.328 e. The first kappa shape index (κ1) is 15.8. The smallest absolute Gasteiger partial charge is 0.328 e. The third-order valence-corrected chi connectivity index (χ3v) is 4.24. The number of pyridine rings is 1. The lowest BCUT2D eigenvalue weighted by atomic mass is 10.2. The molecule has 1 aromatic rings. The van der Waals surface area contributed by atoms with E-state index in [9.17, 15) is 9.59 Å². The van der Waals surface area contributed by atoms with E-state index < -0.39 is 12.0 Å². The van der Waals surface area contributed by atoms with Gasteiger partial charge in [0, 0.05) is 26.3 Å². The van der Waals surface area contributed by atoms with Crippen molar-refractivity contribution in [2.24, 2.45) is 0 Å². The Balaban J connectivity index is 2.29. The molecule has 114 valence electrons. The van der Waals surface area contributed by atoms with Crippen molar-refractivity contribution >= 4 is 23.6 Å². The van der Waals surface area contributed by atoms with Gasteiger partial charge in [0.2, 0.25) is 0 Å². The van der Waals surface area contributed by atoms with E-state index in [1.165, 1.54) is 23.8 Å². The van der Waals surface area contributed by atoms with E-state index in [1.54, 1.807) is 25.4 Å². The molecule has 21 heavy (non-hydrogen) atoms. The second kappa shape index (κ2) is 6.91. The largest absolute Gasteiger partial charge is 0.467 e. The van der Waals surface area contributed by atoms with Crippen molar-refractivity contribution in [3.8, 4) is 0 Å². The van der Waals surface area contributed by atoms with Gasteiger partial charge in [-0.05, 0) is 18.4 Å². The summed E-state index contributed by atoms with van der Waals surface area (Å²) in [7, 11) is 2.90. The Morgan fingerprint density at radius 1 is 1.43 bits per heavy atom. The number of likely N-dealkylation sites (tertiary alicyclic amines) is 1. The van der Waals surface area contributed by atoms with Crippen LogP contribution in [0.4, 0.5) is 0 Å². The summed E-state index contributed by atoms with van der Waals surface area (Å²) in [5.41, 5.74) is 0.496. The summed E-state index contributed by atoms with van der Waals surface area (Å²) in [5, 5.41) is 0.645. The SMILES string of the molecule is COC(=O)[C@H]1C[C@H](OC)CN1C(=O)c1cccnc1SC. The average molecular weight is 310 g/mol. The molecule has 0 N–H and O–H groups in total. The molecule has 0 aliphatic carbocycles. The van der Waals surface area contributed by atoms with Crippen LogP contribution in [0.25, 0.3) is 0 Å². The Labute approximate surface area is 127 Å². The van der Waals surface area contributed by atoms with Gasteiger partial charge in [0.1, 0.15) is 11.1 Å². The molecule has 0 bridgehead atoms. The molecule has 0 radical (unpaired) electrons. The molecule has 2 heterocycles. The lowest BCUT2D eigenvalue weighted by molar-refractivity contribution is -0.145. The molecule has 1 amide bonds. The number of thioether (sulfide) groups is 1. The fraction of sp³-hybridized carbons (Fsp3) is 0.500. The minimum Gasteiger partial charge on any atom is -0.467 e. The molecule has 0 saturated carbocycles. The number of amides is 1. The predicted octanol–water partition coefficient (Wildman–Crippen LogP) is 1.21. The minimum atomic E-state index is -0.609. The highest BCUT2D eigenvalue weighted by Crippen LogP contribution is 2.26. The van der Waals surface area contributed by atoms with Gasteiger partial charge in [-0.2, -0.15) is 0 Å². The topological polar surface area (TPSA) is 68.7 Å². The summed E-state index contributed by atoms with van der Waals surface area (Å²) in [6.45, 7) is 0.373. The first-order chi connectivity index (χ1) is 10.1. The number of aromatic nitrogens is 1. The van der Waals surface area contributed by atoms with Gasteiger partial charge in [-0.3, -0.25) is 4.79 Å². The van der Waals surface area contributed by atoms with Gasteiger partial charge in [-0.25, -0.2) is 9.78 Å². The quantitative estimate of drug-likeness (QED) is 0.615. The highest BCUT2D eigenvalue weighted by atomic mass is 32.2. The molecule has 0 aromatic carbocycles. The standard InChI is InChI=1S/C14H18N2O4S/c1-19-9-7-11(14(18)20-2)16(8-9)13(17)10-5-4-6-15-12(10)21-3/h4-6,9,11H,7-8H2,1-3H3/t9-,11+/m0/s1. The normalized spacial score (nSPS) is 21.4. The molecule has 0 unspecified atom stereocenters.